The van der Waals surface area contributed by atoms with Crippen LogP contribution in [-0.2, 0) is 20.7 Å². The Kier molecular flexibility index (Phi) is 6.25. The van der Waals surface area contributed by atoms with Crippen molar-refractivity contribution in [2.75, 3.05) is 0 Å². The lowest BCUT2D eigenvalue weighted by Gasteiger charge is -2.25. The predicted molar refractivity (Wildman–Crippen MR) is 103 cm³/mol. The molecule has 2 atom stereocenters. The maximum atomic E-state index is 12.6. The topological polar surface area (TPSA) is 100 Å². The fraction of sp³-hybridized carbons (Fsp3) is 0.450. The minimum absolute atomic E-state index is 0.171. The molecule has 1 heterocycles. The third-order valence-electron chi connectivity index (χ3n) is 4.05. The lowest BCUT2D eigenvalue weighted by molar-refractivity contribution is -0.157. The van der Waals surface area contributed by atoms with Gasteiger partial charge in [-0.3, -0.25) is 4.79 Å². The first-order valence-electron chi connectivity index (χ1n) is 8.92. The molecule has 0 bridgehead atoms. The van der Waals surface area contributed by atoms with Gasteiger partial charge < -0.3 is 20.4 Å². The first-order valence-corrected chi connectivity index (χ1v) is 8.92. The predicted octanol–water partition coefficient (Wildman–Crippen LogP) is 2.70. The number of aromatic nitrogens is 1. The van der Waals surface area contributed by atoms with Gasteiger partial charge in [0.2, 0.25) is 0 Å². The van der Waals surface area contributed by atoms with E-state index in [0.717, 1.165) is 16.5 Å². The van der Waals surface area contributed by atoms with E-state index in [9.17, 15) is 14.4 Å². The molecule has 3 N–H and O–H groups in total. The molecule has 2 amide bonds. The number of Topliss-reactive ketones (excluding diaryl/α,β-unsaturated/α-hetero) is 1. The van der Waals surface area contributed by atoms with E-state index < -0.39 is 29.7 Å². The molecule has 0 radical (unpaired) electrons. The minimum Gasteiger partial charge on any atom is -0.458 e. The molecule has 0 aliphatic carbocycles. The summed E-state index contributed by atoms with van der Waals surface area (Å²) in [6.07, 6.45) is 2.08. The second kappa shape index (κ2) is 8.24. The molecular formula is C20H27N3O4. The summed E-state index contributed by atoms with van der Waals surface area (Å²) in [6.45, 7) is 8.29. The van der Waals surface area contributed by atoms with E-state index in [2.05, 4.69) is 15.6 Å². The standard InChI is InChI=1S/C20H27N3O4/c1-12(13(2)24)22-19(26)23-17(18(25)27-20(3,4)5)10-14-11-21-16-9-7-6-8-15(14)16/h6-9,11-12,17,21H,10H2,1-5H3,(H2,22,23,26)/t12-,17-/m0/s1. The summed E-state index contributed by atoms with van der Waals surface area (Å²) in [5.41, 5.74) is 1.16. The highest BCUT2D eigenvalue weighted by atomic mass is 16.6. The van der Waals surface area contributed by atoms with Gasteiger partial charge in [0.25, 0.3) is 0 Å². The Balaban J connectivity index is 2.20. The van der Waals surface area contributed by atoms with Crippen LogP contribution >= 0.6 is 0 Å². The molecule has 0 aliphatic rings. The van der Waals surface area contributed by atoms with Crippen molar-refractivity contribution in [1.29, 1.82) is 0 Å². The molecule has 7 nitrogen and oxygen atoms in total. The highest BCUT2D eigenvalue weighted by Gasteiger charge is 2.28. The summed E-state index contributed by atoms with van der Waals surface area (Å²) in [7, 11) is 0. The molecule has 2 aromatic rings. The van der Waals surface area contributed by atoms with Gasteiger partial charge in [-0.05, 0) is 46.2 Å². The van der Waals surface area contributed by atoms with Crippen LogP contribution in [0.25, 0.3) is 10.9 Å². The van der Waals surface area contributed by atoms with E-state index in [1.807, 2.05) is 30.5 Å². The molecule has 2 rings (SSSR count). The molecule has 0 fully saturated rings. The molecule has 0 unspecified atom stereocenters. The van der Waals surface area contributed by atoms with Crippen LogP contribution in [0, 0.1) is 0 Å². The number of H-pyrrole nitrogens is 1. The Labute approximate surface area is 158 Å². The van der Waals surface area contributed by atoms with Crippen LogP contribution in [0.3, 0.4) is 0 Å². The van der Waals surface area contributed by atoms with Crippen molar-refractivity contribution in [2.45, 2.75) is 58.7 Å². The zero-order valence-electron chi connectivity index (χ0n) is 16.4. The third-order valence-corrected chi connectivity index (χ3v) is 4.05. The summed E-state index contributed by atoms with van der Waals surface area (Å²) in [4.78, 5) is 39.4. The fourth-order valence-electron chi connectivity index (χ4n) is 2.58. The lowest BCUT2D eigenvalue weighted by atomic mass is 10.0. The number of fused-ring (bicyclic) bond motifs is 1. The van der Waals surface area contributed by atoms with E-state index >= 15 is 0 Å². The summed E-state index contributed by atoms with van der Waals surface area (Å²) in [5, 5.41) is 6.14. The van der Waals surface area contributed by atoms with Crippen LogP contribution in [0.5, 0.6) is 0 Å². The largest absolute Gasteiger partial charge is 0.458 e. The molecule has 0 spiro atoms. The maximum absolute atomic E-state index is 12.6. The molecular weight excluding hydrogens is 346 g/mol. The summed E-state index contributed by atoms with van der Waals surface area (Å²) >= 11 is 0. The number of urea groups is 1. The number of aromatic amines is 1. The Morgan fingerprint density at radius 1 is 1.15 bits per heavy atom. The molecule has 0 aliphatic heterocycles. The zero-order valence-corrected chi connectivity index (χ0v) is 16.4. The van der Waals surface area contributed by atoms with E-state index in [0.29, 0.717) is 0 Å². The van der Waals surface area contributed by atoms with Crippen LogP contribution in [0.2, 0.25) is 0 Å². The highest BCUT2D eigenvalue weighted by molar-refractivity contribution is 5.89. The van der Waals surface area contributed by atoms with Gasteiger partial charge >= 0.3 is 12.0 Å². The van der Waals surface area contributed by atoms with Gasteiger partial charge in [-0.15, -0.1) is 0 Å². The molecule has 1 aromatic heterocycles. The quantitative estimate of drug-likeness (QED) is 0.678. The number of amides is 2. The maximum Gasteiger partial charge on any atom is 0.329 e. The summed E-state index contributed by atoms with van der Waals surface area (Å²) < 4.78 is 5.46. The second-order valence-electron chi connectivity index (χ2n) is 7.60. The number of ether oxygens (including phenoxy) is 1. The van der Waals surface area contributed by atoms with Crippen LogP contribution in [0.4, 0.5) is 4.79 Å². The number of rotatable bonds is 6. The molecule has 7 heteroatoms. The number of benzene rings is 1. The van der Waals surface area contributed by atoms with Crippen molar-refractivity contribution < 1.29 is 19.1 Å². The molecule has 0 saturated heterocycles. The smallest absolute Gasteiger partial charge is 0.329 e. The zero-order chi connectivity index (χ0) is 20.2. The van der Waals surface area contributed by atoms with Crippen molar-refractivity contribution in [3.05, 3.63) is 36.0 Å². The van der Waals surface area contributed by atoms with Crippen molar-refractivity contribution in [2.24, 2.45) is 0 Å². The number of esters is 1. The molecule has 27 heavy (non-hydrogen) atoms. The van der Waals surface area contributed by atoms with Gasteiger partial charge in [-0.2, -0.15) is 0 Å². The average Bonchev–Trinajstić information content (AvgIpc) is 2.95. The van der Waals surface area contributed by atoms with Crippen molar-refractivity contribution >= 4 is 28.7 Å². The monoisotopic (exact) mass is 373 g/mol. The van der Waals surface area contributed by atoms with E-state index in [1.165, 1.54) is 6.92 Å². The molecule has 0 saturated carbocycles. The second-order valence-corrected chi connectivity index (χ2v) is 7.60. The number of hydrogen-bond acceptors (Lipinski definition) is 4. The van der Waals surface area contributed by atoms with Gasteiger partial charge in [0.15, 0.2) is 5.78 Å². The summed E-state index contributed by atoms with van der Waals surface area (Å²) in [6, 6.07) is 5.61. The van der Waals surface area contributed by atoms with Crippen LogP contribution < -0.4 is 10.6 Å². The number of hydrogen-bond donors (Lipinski definition) is 3. The van der Waals surface area contributed by atoms with E-state index in [1.54, 1.807) is 27.7 Å². The van der Waals surface area contributed by atoms with E-state index in [4.69, 9.17) is 4.74 Å². The van der Waals surface area contributed by atoms with Crippen LogP contribution in [0.15, 0.2) is 30.5 Å². The number of ketones is 1. The first-order chi connectivity index (χ1) is 12.6. The minimum atomic E-state index is -0.886. The van der Waals surface area contributed by atoms with E-state index in [-0.39, 0.29) is 12.2 Å². The van der Waals surface area contributed by atoms with Gasteiger partial charge in [-0.1, -0.05) is 18.2 Å². The average molecular weight is 373 g/mol. The van der Waals surface area contributed by atoms with Crippen LogP contribution in [-0.4, -0.2) is 40.5 Å². The van der Waals surface area contributed by atoms with Crippen molar-refractivity contribution in [3.63, 3.8) is 0 Å². The van der Waals surface area contributed by atoms with Crippen molar-refractivity contribution in [3.8, 4) is 0 Å². The number of nitrogens with one attached hydrogen (secondary N) is 3. The van der Waals surface area contributed by atoms with Gasteiger partial charge in [-0.25, -0.2) is 9.59 Å². The number of para-hydroxylation sites is 1. The fourth-order valence-corrected chi connectivity index (χ4v) is 2.58. The Hall–Kier alpha value is -2.83. The third kappa shape index (κ3) is 5.84. The van der Waals surface area contributed by atoms with Crippen molar-refractivity contribution in [1.82, 2.24) is 15.6 Å². The normalized spacial score (nSPS) is 13.7. The first kappa shape index (κ1) is 20.5. The van der Waals surface area contributed by atoms with Crippen LogP contribution in [0.1, 0.15) is 40.2 Å². The number of carbonyl (C=O) groups excluding carboxylic acids is 3. The lowest BCUT2D eigenvalue weighted by Crippen LogP contribution is -2.51. The highest BCUT2D eigenvalue weighted by Crippen LogP contribution is 2.20. The SMILES string of the molecule is CC(=O)[C@H](C)NC(=O)N[C@@H](Cc1c[nH]c2ccccc12)C(=O)OC(C)(C)C. The van der Waals surface area contributed by atoms with Gasteiger partial charge in [0, 0.05) is 23.5 Å². The van der Waals surface area contributed by atoms with Gasteiger partial charge in [0.05, 0.1) is 6.04 Å². The van der Waals surface area contributed by atoms with Gasteiger partial charge in [0.1, 0.15) is 11.6 Å². The molecule has 146 valence electrons. The Bertz CT molecular complexity index is 835. The Morgan fingerprint density at radius 2 is 1.81 bits per heavy atom. The Morgan fingerprint density at radius 3 is 2.44 bits per heavy atom. The number of carbonyl (C=O) groups is 3. The molecule has 1 aromatic carbocycles. The summed E-state index contributed by atoms with van der Waals surface area (Å²) in [5.74, 6) is -0.700.